The van der Waals surface area contributed by atoms with Crippen LogP contribution in [0.5, 0.6) is 5.75 Å². The van der Waals surface area contributed by atoms with Crippen molar-refractivity contribution in [3.05, 3.63) is 28.8 Å². The van der Waals surface area contributed by atoms with Gasteiger partial charge in [0.1, 0.15) is 5.75 Å². The van der Waals surface area contributed by atoms with Crippen LogP contribution in [0.25, 0.3) is 0 Å². The molecule has 0 fully saturated rings. The molecule has 1 rings (SSSR count). The van der Waals surface area contributed by atoms with Gasteiger partial charge in [-0.15, -0.1) is 11.6 Å². The molecule has 0 aliphatic rings. The highest BCUT2D eigenvalue weighted by molar-refractivity contribution is 6.17. The van der Waals surface area contributed by atoms with Crippen LogP contribution in [0.3, 0.4) is 0 Å². The van der Waals surface area contributed by atoms with Crippen LogP contribution in [0.4, 0.5) is 0 Å². The van der Waals surface area contributed by atoms with E-state index in [4.69, 9.17) is 22.0 Å². The van der Waals surface area contributed by atoms with Gasteiger partial charge in [0.05, 0.1) is 23.9 Å². The summed E-state index contributed by atoms with van der Waals surface area (Å²) in [7, 11) is 0. The van der Waals surface area contributed by atoms with Crippen molar-refractivity contribution in [2.45, 2.75) is 12.3 Å². The smallest absolute Gasteiger partial charge is 0.307 e. The van der Waals surface area contributed by atoms with E-state index >= 15 is 0 Å². The molecule has 0 bridgehead atoms. The summed E-state index contributed by atoms with van der Waals surface area (Å²) in [5, 5.41) is 26.8. The van der Waals surface area contributed by atoms with Crippen LogP contribution in [0.1, 0.15) is 16.7 Å². The maximum atomic E-state index is 10.5. The minimum absolute atomic E-state index is 0.0772. The Bertz CT molecular complexity index is 437. The van der Waals surface area contributed by atoms with Crippen LogP contribution in [-0.2, 0) is 17.1 Å². The van der Waals surface area contributed by atoms with Crippen LogP contribution in [-0.4, -0.2) is 16.2 Å². The molecule has 0 unspecified atom stereocenters. The Kier molecular flexibility index (Phi) is 3.53. The third kappa shape index (κ3) is 2.61. The maximum absolute atomic E-state index is 10.5. The van der Waals surface area contributed by atoms with Crippen molar-refractivity contribution >= 4 is 17.6 Å². The van der Waals surface area contributed by atoms with Crippen LogP contribution in [0.2, 0.25) is 0 Å². The first-order chi connectivity index (χ1) is 7.08. The van der Waals surface area contributed by atoms with Crippen molar-refractivity contribution in [3.63, 3.8) is 0 Å². The zero-order valence-corrected chi connectivity index (χ0v) is 8.45. The van der Waals surface area contributed by atoms with Crippen molar-refractivity contribution in [2.24, 2.45) is 0 Å². The number of carboxylic acid groups (broad SMARTS) is 1. The molecule has 0 aliphatic carbocycles. The predicted octanol–water partition coefficient (Wildman–Crippen LogP) is 1.63. The summed E-state index contributed by atoms with van der Waals surface area (Å²) in [6, 6.07) is 4.54. The van der Waals surface area contributed by atoms with Crippen LogP contribution in [0, 0.1) is 11.3 Å². The van der Waals surface area contributed by atoms with E-state index in [-0.39, 0.29) is 29.2 Å². The van der Waals surface area contributed by atoms with E-state index in [1.165, 1.54) is 12.1 Å². The number of aliphatic carboxylic acids is 1. The Morgan fingerprint density at radius 1 is 1.47 bits per heavy atom. The molecule has 0 aliphatic heterocycles. The maximum Gasteiger partial charge on any atom is 0.307 e. The van der Waals surface area contributed by atoms with Crippen LogP contribution >= 0.6 is 11.6 Å². The number of nitriles is 1. The van der Waals surface area contributed by atoms with Gasteiger partial charge in [-0.1, -0.05) is 0 Å². The number of carboxylic acids is 1. The molecule has 0 saturated heterocycles. The predicted molar refractivity (Wildman–Crippen MR) is 53.7 cm³/mol. The number of alkyl halides is 1. The summed E-state index contributed by atoms with van der Waals surface area (Å²) in [6.45, 7) is 0. The van der Waals surface area contributed by atoms with Crippen LogP contribution in [0.15, 0.2) is 12.1 Å². The quantitative estimate of drug-likeness (QED) is 0.766. The number of hydrogen-bond acceptors (Lipinski definition) is 3. The minimum atomic E-state index is -1.05. The number of phenolic OH excluding ortho intramolecular Hbond substituents is 1. The summed E-state index contributed by atoms with van der Waals surface area (Å²) in [5.74, 6) is -1.06. The molecule has 0 aromatic heterocycles. The molecule has 0 heterocycles. The molecule has 4 nitrogen and oxygen atoms in total. The van der Waals surface area contributed by atoms with E-state index < -0.39 is 5.97 Å². The van der Waals surface area contributed by atoms with E-state index in [1.807, 2.05) is 6.07 Å². The number of halogens is 1. The molecule has 15 heavy (non-hydrogen) atoms. The third-order valence-electron chi connectivity index (χ3n) is 1.91. The van der Waals surface area contributed by atoms with Crippen molar-refractivity contribution in [1.82, 2.24) is 0 Å². The van der Waals surface area contributed by atoms with Gasteiger partial charge in [-0.3, -0.25) is 4.79 Å². The highest BCUT2D eigenvalue weighted by atomic mass is 35.5. The van der Waals surface area contributed by atoms with E-state index in [1.54, 1.807) is 0 Å². The molecular weight excluding hydrogens is 218 g/mol. The fraction of sp³-hybridized carbons (Fsp3) is 0.200. The third-order valence-corrected chi connectivity index (χ3v) is 2.20. The summed E-state index contributed by atoms with van der Waals surface area (Å²) in [5.41, 5.74) is 0.935. The molecule has 0 amide bonds. The minimum Gasteiger partial charge on any atom is -0.508 e. The van der Waals surface area contributed by atoms with Gasteiger partial charge in [-0.25, -0.2) is 0 Å². The second-order valence-electron chi connectivity index (χ2n) is 2.95. The number of phenols is 1. The number of carbonyl (C=O) groups is 1. The standard InChI is InChI=1S/C10H8ClNO3/c11-4-7-1-8(5-12)6(2-9(7)13)3-10(14)15/h1-2,13H,3-4H2,(H,14,15). The van der Waals surface area contributed by atoms with Crippen molar-refractivity contribution in [2.75, 3.05) is 0 Å². The molecule has 0 saturated carbocycles. The lowest BCUT2D eigenvalue weighted by Gasteiger charge is -2.05. The van der Waals surface area contributed by atoms with E-state index in [0.717, 1.165) is 0 Å². The Morgan fingerprint density at radius 3 is 2.60 bits per heavy atom. The molecule has 0 radical (unpaired) electrons. The number of aromatic hydroxyl groups is 1. The van der Waals surface area contributed by atoms with E-state index in [9.17, 15) is 9.90 Å². The lowest BCUT2D eigenvalue weighted by atomic mass is 10.0. The topological polar surface area (TPSA) is 81.3 Å². The first-order valence-corrected chi connectivity index (χ1v) is 4.64. The van der Waals surface area contributed by atoms with E-state index in [0.29, 0.717) is 5.56 Å². The van der Waals surface area contributed by atoms with Gasteiger partial charge < -0.3 is 10.2 Å². The second kappa shape index (κ2) is 4.67. The fourth-order valence-corrected chi connectivity index (χ4v) is 1.41. The molecule has 2 N–H and O–H groups in total. The van der Waals surface area contributed by atoms with Gasteiger partial charge in [0.2, 0.25) is 0 Å². The number of benzene rings is 1. The molecule has 78 valence electrons. The Balaban J connectivity index is 3.22. The van der Waals surface area contributed by atoms with E-state index in [2.05, 4.69) is 0 Å². The van der Waals surface area contributed by atoms with Crippen molar-refractivity contribution in [3.8, 4) is 11.8 Å². The molecule has 5 heteroatoms. The molecular formula is C10H8ClNO3. The lowest BCUT2D eigenvalue weighted by molar-refractivity contribution is -0.136. The highest BCUT2D eigenvalue weighted by Gasteiger charge is 2.11. The van der Waals surface area contributed by atoms with Crippen molar-refractivity contribution < 1.29 is 15.0 Å². The number of nitrogens with zero attached hydrogens (tertiary/aromatic N) is 1. The van der Waals surface area contributed by atoms with Gasteiger partial charge in [0, 0.05) is 5.56 Å². The first kappa shape index (κ1) is 11.3. The van der Waals surface area contributed by atoms with Crippen LogP contribution < -0.4 is 0 Å². The average Bonchev–Trinajstić information content (AvgIpc) is 2.17. The van der Waals surface area contributed by atoms with Gasteiger partial charge in [-0.2, -0.15) is 5.26 Å². The second-order valence-corrected chi connectivity index (χ2v) is 3.22. The Labute approximate surface area is 91.3 Å². The van der Waals surface area contributed by atoms with Gasteiger partial charge in [-0.05, 0) is 17.7 Å². The molecule has 1 aromatic carbocycles. The van der Waals surface area contributed by atoms with Gasteiger partial charge >= 0.3 is 5.97 Å². The lowest BCUT2D eigenvalue weighted by Crippen LogP contribution is -2.02. The average molecular weight is 226 g/mol. The summed E-state index contributed by atoms with van der Waals surface area (Å²) in [4.78, 5) is 10.5. The monoisotopic (exact) mass is 225 g/mol. The van der Waals surface area contributed by atoms with Gasteiger partial charge in [0.25, 0.3) is 0 Å². The fourth-order valence-electron chi connectivity index (χ4n) is 1.20. The summed E-state index contributed by atoms with van der Waals surface area (Å²) >= 11 is 5.53. The highest BCUT2D eigenvalue weighted by Crippen LogP contribution is 2.24. The first-order valence-electron chi connectivity index (χ1n) is 4.11. The molecule has 1 aromatic rings. The molecule has 0 atom stereocenters. The van der Waals surface area contributed by atoms with Crippen molar-refractivity contribution in [1.29, 1.82) is 5.26 Å². The summed E-state index contributed by atoms with van der Waals surface area (Å²) in [6.07, 6.45) is -0.293. The normalized spacial score (nSPS) is 9.60. The Hall–Kier alpha value is -1.73. The number of hydrogen-bond donors (Lipinski definition) is 2. The molecule has 0 spiro atoms. The van der Waals surface area contributed by atoms with Gasteiger partial charge in [0.15, 0.2) is 0 Å². The Morgan fingerprint density at radius 2 is 2.13 bits per heavy atom. The number of rotatable bonds is 3. The zero-order valence-electron chi connectivity index (χ0n) is 7.70. The largest absolute Gasteiger partial charge is 0.508 e. The summed E-state index contributed by atoms with van der Waals surface area (Å²) < 4.78 is 0. The zero-order chi connectivity index (χ0) is 11.4. The SMILES string of the molecule is N#Cc1cc(CCl)c(O)cc1CC(=O)O.